The summed E-state index contributed by atoms with van der Waals surface area (Å²) < 4.78 is 0. The summed E-state index contributed by atoms with van der Waals surface area (Å²) in [6, 6.07) is 41.9. The molecule has 0 heteroatoms. The first-order valence-corrected chi connectivity index (χ1v) is 20.4. The van der Waals surface area contributed by atoms with Crippen molar-refractivity contribution in [3.63, 3.8) is 0 Å². The Hall–Kier alpha value is -5.46. The lowest BCUT2D eigenvalue weighted by Gasteiger charge is -2.20. The zero-order valence-corrected chi connectivity index (χ0v) is 36.4. The van der Waals surface area contributed by atoms with Crippen molar-refractivity contribution in [3.05, 3.63) is 176 Å². The van der Waals surface area contributed by atoms with E-state index in [9.17, 15) is 0 Å². The molecule has 0 aromatic heterocycles. The highest BCUT2D eigenvalue weighted by Gasteiger charge is 2.18. The molecule has 0 amide bonds. The molecule has 0 aliphatic heterocycles. The Balaban J connectivity index is 0.00000262. The normalized spacial score (nSPS) is 11.0. The maximum atomic E-state index is 2.44. The van der Waals surface area contributed by atoms with Gasteiger partial charge in [0.2, 0.25) is 0 Å². The maximum absolute atomic E-state index is 2.44. The molecule has 0 atom stereocenters. The van der Waals surface area contributed by atoms with Crippen LogP contribution in [0.5, 0.6) is 0 Å². The summed E-state index contributed by atoms with van der Waals surface area (Å²) in [6.45, 7) is 31.0. The van der Waals surface area contributed by atoms with Gasteiger partial charge in [-0.15, -0.1) is 0 Å². The molecule has 0 aliphatic carbocycles. The monoisotopic (exact) mass is 732 g/mol. The maximum Gasteiger partial charge on any atom is -0.0125 e. The minimum atomic E-state index is 1.22. The van der Waals surface area contributed by atoms with Crippen molar-refractivity contribution >= 4 is 0 Å². The van der Waals surface area contributed by atoms with Gasteiger partial charge >= 0.3 is 0 Å². The molecule has 0 heterocycles. The largest absolute Gasteiger partial charge is 0.0683 e. The van der Waals surface area contributed by atoms with Gasteiger partial charge in [-0.1, -0.05) is 92.7 Å². The quantitative estimate of drug-likeness (QED) is 0.160. The topological polar surface area (TPSA) is 0 Å². The Bertz CT molecular complexity index is 2420. The van der Waals surface area contributed by atoms with Crippen LogP contribution in [-0.4, -0.2) is 0 Å². The molecular weight excluding hydrogens is 673 g/mol. The molecule has 7 rings (SSSR count). The van der Waals surface area contributed by atoms with E-state index in [1.54, 1.807) is 0 Å². The van der Waals surface area contributed by atoms with E-state index in [4.69, 9.17) is 0 Å². The van der Waals surface area contributed by atoms with E-state index in [0.717, 1.165) is 0 Å². The second-order valence-corrected chi connectivity index (χ2v) is 16.1. The summed E-state index contributed by atoms with van der Waals surface area (Å²) in [6.07, 6.45) is 0. The molecule has 0 radical (unpaired) electrons. The van der Waals surface area contributed by atoms with Gasteiger partial charge in [-0.3, -0.25) is 0 Å². The van der Waals surface area contributed by atoms with E-state index in [1.807, 2.05) is 13.8 Å². The molecule has 0 unspecified atom stereocenters. The van der Waals surface area contributed by atoms with Crippen molar-refractivity contribution in [1.29, 1.82) is 0 Å². The minimum Gasteiger partial charge on any atom is -0.0683 e. The van der Waals surface area contributed by atoms with Crippen LogP contribution in [0.4, 0.5) is 0 Å². The number of rotatable bonds is 6. The lowest BCUT2D eigenvalue weighted by molar-refractivity contribution is 1.26. The lowest BCUT2D eigenvalue weighted by atomic mass is 9.84. The van der Waals surface area contributed by atoms with Crippen LogP contribution in [0.25, 0.3) is 66.8 Å². The fraction of sp³-hybridized carbons (Fsp3) is 0.250. The molecular formula is C56H60. The Kier molecular flexibility index (Phi) is 11.7. The highest BCUT2D eigenvalue weighted by Crippen LogP contribution is 2.42. The lowest BCUT2D eigenvalue weighted by Crippen LogP contribution is -1.96. The van der Waals surface area contributed by atoms with Crippen LogP contribution < -0.4 is 0 Å². The van der Waals surface area contributed by atoms with Gasteiger partial charge in [0.1, 0.15) is 0 Å². The number of hydrogen-bond acceptors (Lipinski definition) is 0. The summed E-state index contributed by atoms with van der Waals surface area (Å²) >= 11 is 0. The third kappa shape index (κ3) is 7.81. The Labute approximate surface area is 338 Å². The second-order valence-electron chi connectivity index (χ2n) is 16.1. The Morgan fingerprint density at radius 2 is 0.518 bits per heavy atom. The van der Waals surface area contributed by atoms with E-state index in [-0.39, 0.29) is 0 Å². The standard InChI is InChI=1S/C54H54.C2H6/c1-31-18-49(19-32(2)39(31)9)52-29-48(30-53(42(52)12)50-20-33(3)40(10)34(4)21-50)47-27-45(43-16-14-13-15-17-43)26-46(28-47)44-24-37(7)54(38(8)25-44)51-22-35(5)41(11)36(6)23-51;1-2/h13-30H,1-12H3;1-2H3. The molecule has 0 nitrogen and oxygen atoms in total. The van der Waals surface area contributed by atoms with Crippen LogP contribution in [0.15, 0.2) is 109 Å². The van der Waals surface area contributed by atoms with Gasteiger partial charge in [-0.05, 0) is 247 Å². The third-order valence-corrected chi connectivity index (χ3v) is 12.3. The van der Waals surface area contributed by atoms with Crippen LogP contribution in [0.3, 0.4) is 0 Å². The average molecular weight is 733 g/mol. The van der Waals surface area contributed by atoms with Gasteiger partial charge in [0.05, 0.1) is 0 Å². The zero-order chi connectivity index (χ0) is 40.6. The summed E-state index contributed by atoms with van der Waals surface area (Å²) in [7, 11) is 0. The summed E-state index contributed by atoms with van der Waals surface area (Å²) in [5.41, 5.74) is 31.2. The van der Waals surface area contributed by atoms with Crippen molar-refractivity contribution in [3.8, 4) is 66.8 Å². The molecule has 0 saturated heterocycles. The van der Waals surface area contributed by atoms with Crippen molar-refractivity contribution in [2.75, 3.05) is 0 Å². The van der Waals surface area contributed by atoms with Crippen molar-refractivity contribution in [2.45, 2.75) is 96.9 Å². The molecule has 0 N–H and O–H groups in total. The smallest absolute Gasteiger partial charge is 0.0125 e. The first-order chi connectivity index (χ1) is 26.7. The number of aryl methyl sites for hydroxylation is 8. The van der Waals surface area contributed by atoms with Crippen LogP contribution >= 0.6 is 0 Å². The third-order valence-electron chi connectivity index (χ3n) is 12.3. The molecule has 0 spiro atoms. The van der Waals surface area contributed by atoms with Crippen LogP contribution in [0.1, 0.15) is 80.6 Å². The first-order valence-electron chi connectivity index (χ1n) is 20.4. The second kappa shape index (κ2) is 16.3. The minimum absolute atomic E-state index is 1.22. The summed E-state index contributed by atoms with van der Waals surface area (Å²) in [5.74, 6) is 0. The first kappa shape index (κ1) is 40.2. The fourth-order valence-corrected chi connectivity index (χ4v) is 8.39. The number of benzene rings is 7. The van der Waals surface area contributed by atoms with E-state index in [2.05, 4.69) is 192 Å². The van der Waals surface area contributed by atoms with Gasteiger partial charge in [0.15, 0.2) is 0 Å². The summed E-state index contributed by atoms with van der Waals surface area (Å²) in [5, 5.41) is 0. The molecule has 56 heavy (non-hydrogen) atoms. The van der Waals surface area contributed by atoms with Crippen molar-refractivity contribution in [1.82, 2.24) is 0 Å². The SMILES string of the molecule is CC.Cc1cc(-c2cc(-c3cc(-c4ccccc4)cc(-c4cc(C)c(-c5cc(C)c(C)c(C)c5)c(C)c4)c3)cc(-c3cc(C)c(C)c(C)c3)c2C)cc(C)c1C. The van der Waals surface area contributed by atoms with E-state index in [0.29, 0.717) is 0 Å². The Morgan fingerprint density at radius 3 is 0.893 bits per heavy atom. The van der Waals surface area contributed by atoms with Gasteiger partial charge in [0, 0.05) is 0 Å². The van der Waals surface area contributed by atoms with E-state index < -0.39 is 0 Å². The average Bonchev–Trinajstić information content (AvgIpc) is 3.18. The highest BCUT2D eigenvalue weighted by molar-refractivity contribution is 5.89. The molecule has 7 aromatic carbocycles. The van der Waals surface area contributed by atoms with Gasteiger partial charge in [-0.2, -0.15) is 0 Å². The van der Waals surface area contributed by atoms with E-state index >= 15 is 0 Å². The molecule has 0 fully saturated rings. The van der Waals surface area contributed by atoms with Crippen molar-refractivity contribution < 1.29 is 0 Å². The summed E-state index contributed by atoms with van der Waals surface area (Å²) in [4.78, 5) is 0. The highest BCUT2D eigenvalue weighted by atomic mass is 14.2. The number of hydrogen-bond donors (Lipinski definition) is 0. The van der Waals surface area contributed by atoms with Crippen LogP contribution in [0, 0.1) is 83.1 Å². The van der Waals surface area contributed by atoms with Crippen molar-refractivity contribution in [2.24, 2.45) is 0 Å². The Morgan fingerprint density at radius 1 is 0.232 bits per heavy atom. The fourth-order valence-electron chi connectivity index (χ4n) is 8.39. The zero-order valence-electron chi connectivity index (χ0n) is 36.4. The van der Waals surface area contributed by atoms with Crippen LogP contribution in [0.2, 0.25) is 0 Å². The van der Waals surface area contributed by atoms with Gasteiger partial charge < -0.3 is 0 Å². The van der Waals surface area contributed by atoms with E-state index in [1.165, 1.54) is 134 Å². The van der Waals surface area contributed by atoms with Crippen LogP contribution in [-0.2, 0) is 0 Å². The van der Waals surface area contributed by atoms with Gasteiger partial charge in [-0.25, -0.2) is 0 Å². The predicted molar refractivity (Wildman–Crippen MR) is 247 cm³/mol. The van der Waals surface area contributed by atoms with Gasteiger partial charge in [0.25, 0.3) is 0 Å². The predicted octanol–water partition coefficient (Wildman–Crippen LogP) is 16.4. The molecule has 0 saturated carbocycles. The molecule has 7 aromatic rings. The molecule has 284 valence electrons. The molecule has 0 aliphatic rings. The molecule has 0 bridgehead atoms.